The Hall–Kier alpha value is -3.16. The molecule has 0 fully saturated rings. The highest BCUT2D eigenvalue weighted by atomic mass is 79.9. The SMILES string of the molecule is CCOc1cc(/C=N\NC(=O)C(O)(c2ccccc2)c2ccccc2)cc(Br)c1OCC. The number of rotatable bonds is 9. The lowest BCUT2D eigenvalue weighted by molar-refractivity contribution is -0.136. The quantitative estimate of drug-likeness (QED) is 0.334. The number of benzene rings is 3. The summed E-state index contributed by atoms with van der Waals surface area (Å²) < 4.78 is 12.0. The standard InChI is InChI=1S/C25H25BrN2O4/c1-3-31-22-16-18(15-21(26)23(22)32-4-2)17-27-28-24(29)25(30,19-11-7-5-8-12-19)20-13-9-6-10-14-20/h5-17,30H,3-4H2,1-2H3,(H,28,29)/b27-17-. The van der Waals surface area contributed by atoms with Crippen molar-refractivity contribution in [2.75, 3.05) is 13.2 Å². The minimum atomic E-state index is -1.89. The van der Waals surface area contributed by atoms with E-state index in [-0.39, 0.29) is 0 Å². The van der Waals surface area contributed by atoms with Gasteiger partial charge >= 0.3 is 0 Å². The Morgan fingerprint density at radius 3 is 2.09 bits per heavy atom. The summed E-state index contributed by atoms with van der Waals surface area (Å²) in [5.41, 5.74) is 2.16. The van der Waals surface area contributed by atoms with Crippen LogP contribution in [0.5, 0.6) is 11.5 Å². The van der Waals surface area contributed by atoms with Gasteiger partial charge in [0.15, 0.2) is 17.1 Å². The summed E-state index contributed by atoms with van der Waals surface area (Å²) >= 11 is 3.49. The van der Waals surface area contributed by atoms with Gasteiger partial charge in [0.25, 0.3) is 5.91 Å². The molecule has 0 saturated heterocycles. The Morgan fingerprint density at radius 1 is 1.00 bits per heavy atom. The van der Waals surface area contributed by atoms with Gasteiger partial charge in [-0.3, -0.25) is 4.79 Å². The lowest BCUT2D eigenvalue weighted by atomic mass is 9.85. The number of amides is 1. The number of aliphatic hydroxyl groups is 1. The van der Waals surface area contributed by atoms with Crippen LogP contribution < -0.4 is 14.9 Å². The average Bonchev–Trinajstić information content (AvgIpc) is 2.82. The molecule has 0 spiro atoms. The number of halogens is 1. The van der Waals surface area contributed by atoms with Gasteiger partial charge in [0.2, 0.25) is 0 Å². The molecule has 0 aliphatic heterocycles. The summed E-state index contributed by atoms with van der Waals surface area (Å²) in [5, 5.41) is 15.5. The van der Waals surface area contributed by atoms with Crippen molar-refractivity contribution < 1.29 is 19.4 Å². The zero-order valence-corrected chi connectivity index (χ0v) is 19.5. The molecule has 166 valence electrons. The second kappa shape index (κ2) is 10.9. The van der Waals surface area contributed by atoms with Gasteiger partial charge < -0.3 is 14.6 Å². The van der Waals surface area contributed by atoms with Gasteiger partial charge in [-0.2, -0.15) is 5.10 Å². The summed E-state index contributed by atoms with van der Waals surface area (Å²) in [7, 11) is 0. The number of hydrogen-bond acceptors (Lipinski definition) is 5. The van der Waals surface area contributed by atoms with Crippen molar-refractivity contribution >= 4 is 28.1 Å². The van der Waals surface area contributed by atoms with Crippen molar-refractivity contribution in [3.63, 3.8) is 0 Å². The van der Waals surface area contributed by atoms with E-state index in [1.165, 1.54) is 6.21 Å². The van der Waals surface area contributed by atoms with Crippen LogP contribution in [0.3, 0.4) is 0 Å². The van der Waals surface area contributed by atoms with Crippen molar-refractivity contribution in [2.24, 2.45) is 5.10 Å². The molecule has 0 heterocycles. The molecule has 2 N–H and O–H groups in total. The predicted molar refractivity (Wildman–Crippen MR) is 128 cm³/mol. The van der Waals surface area contributed by atoms with Crippen molar-refractivity contribution in [3.8, 4) is 11.5 Å². The van der Waals surface area contributed by atoms with Gasteiger partial charge in [0, 0.05) is 0 Å². The highest BCUT2D eigenvalue weighted by molar-refractivity contribution is 9.10. The molecular formula is C25H25BrN2O4. The fourth-order valence-corrected chi connectivity index (χ4v) is 3.82. The summed E-state index contributed by atoms with van der Waals surface area (Å²) in [6, 6.07) is 21.1. The maximum Gasteiger partial charge on any atom is 0.281 e. The summed E-state index contributed by atoms with van der Waals surface area (Å²) in [5.74, 6) is 0.515. The molecule has 0 unspecified atom stereocenters. The molecule has 0 saturated carbocycles. The van der Waals surface area contributed by atoms with E-state index >= 15 is 0 Å². The van der Waals surface area contributed by atoms with E-state index in [1.54, 1.807) is 54.6 Å². The minimum absolute atomic E-state index is 0.446. The fraction of sp³-hybridized carbons (Fsp3) is 0.200. The second-order valence-corrected chi connectivity index (χ2v) is 7.69. The highest BCUT2D eigenvalue weighted by Crippen LogP contribution is 2.36. The maximum absolute atomic E-state index is 13.1. The monoisotopic (exact) mass is 496 g/mol. The molecule has 6 nitrogen and oxygen atoms in total. The van der Waals surface area contributed by atoms with Gasteiger partial charge in [-0.15, -0.1) is 0 Å². The Labute approximate surface area is 196 Å². The molecule has 0 radical (unpaired) electrons. The van der Waals surface area contributed by atoms with E-state index in [4.69, 9.17) is 9.47 Å². The molecule has 3 aromatic carbocycles. The largest absolute Gasteiger partial charge is 0.490 e. The third-order valence-electron chi connectivity index (χ3n) is 4.71. The maximum atomic E-state index is 13.1. The molecule has 3 aromatic rings. The van der Waals surface area contributed by atoms with E-state index in [0.29, 0.717) is 45.9 Å². The van der Waals surface area contributed by atoms with Crippen LogP contribution in [0.25, 0.3) is 0 Å². The first kappa shape index (κ1) is 23.5. The number of nitrogens with zero attached hydrogens (tertiary/aromatic N) is 1. The number of nitrogens with one attached hydrogen (secondary N) is 1. The van der Waals surface area contributed by atoms with Crippen LogP contribution in [0, 0.1) is 0 Å². The highest BCUT2D eigenvalue weighted by Gasteiger charge is 2.39. The van der Waals surface area contributed by atoms with Crippen LogP contribution in [-0.4, -0.2) is 30.4 Å². The van der Waals surface area contributed by atoms with Crippen LogP contribution in [-0.2, 0) is 10.4 Å². The Kier molecular flexibility index (Phi) is 8.03. The van der Waals surface area contributed by atoms with Crippen LogP contribution >= 0.6 is 15.9 Å². The number of hydrazone groups is 1. The van der Waals surface area contributed by atoms with Crippen molar-refractivity contribution in [1.82, 2.24) is 5.43 Å². The average molecular weight is 497 g/mol. The fourth-order valence-electron chi connectivity index (χ4n) is 3.24. The van der Waals surface area contributed by atoms with Crippen LogP contribution in [0.4, 0.5) is 0 Å². The summed E-state index contributed by atoms with van der Waals surface area (Å²) in [6.45, 7) is 4.76. The van der Waals surface area contributed by atoms with E-state index in [0.717, 1.165) is 0 Å². The smallest absolute Gasteiger partial charge is 0.281 e. The number of ether oxygens (including phenoxy) is 2. The Balaban J connectivity index is 1.87. The molecule has 3 rings (SSSR count). The summed E-state index contributed by atoms with van der Waals surface area (Å²) in [6.07, 6.45) is 1.48. The van der Waals surface area contributed by atoms with Crippen molar-refractivity contribution in [2.45, 2.75) is 19.4 Å². The Bertz CT molecular complexity index is 1030. The second-order valence-electron chi connectivity index (χ2n) is 6.84. The molecule has 0 aliphatic carbocycles. The number of carbonyl (C=O) groups excluding carboxylic acids is 1. The minimum Gasteiger partial charge on any atom is -0.490 e. The summed E-state index contributed by atoms with van der Waals surface area (Å²) in [4.78, 5) is 13.1. The lowest BCUT2D eigenvalue weighted by Gasteiger charge is -2.27. The van der Waals surface area contributed by atoms with E-state index in [1.807, 2.05) is 32.0 Å². The zero-order valence-electron chi connectivity index (χ0n) is 17.9. The molecule has 1 amide bonds. The van der Waals surface area contributed by atoms with E-state index in [9.17, 15) is 9.90 Å². The molecule has 7 heteroatoms. The number of hydrogen-bond donors (Lipinski definition) is 2. The molecule has 0 aliphatic rings. The molecule has 32 heavy (non-hydrogen) atoms. The predicted octanol–water partition coefficient (Wildman–Crippen LogP) is 4.63. The molecule has 0 bridgehead atoms. The third kappa shape index (κ3) is 5.18. The first-order valence-electron chi connectivity index (χ1n) is 10.3. The van der Waals surface area contributed by atoms with Gasteiger partial charge in [0.1, 0.15) is 0 Å². The van der Waals surface area contributed by atoms with Crippen LogP contribution in [0.15, 0.2) is 82.4 Å². The third-order valence-corrected chi connectivity index (χ3v) is 5.30. The first-order valence-corrected chi connectivity index (χ1v) is 11.1. The van der Waals surface area contributed by atoms with Crippen LogP contribution in [0.1, 0.15) is 30.5 Å². The molecular weight excluding hydrogens is 472 g/mol. The van der Waals surface area contributed by atoms with E-state index < -0.39 is 11.5 Å². The van der Waals surface area contributed by atoms with Gasteiger partial charge in [0.05, 0.1) is 23.9 Å². The van der Waals surface area contributed by atoms with Crippen molar-refractivity contribution in [1.29, 1.82) is 0 Å². The lowest BCUT2D eigenvalue weighted by Crippen LogP contribution is -2.43. The van der Waals surface area contributed by atoms with E-state index in [2.05, 4.69) is 26.5 Å². The Morgan fingerprint density at radius 2 is 1.56 bits per heavy atom. The van der Waals surface area contributed by atoms with Gasteiger partial charge in [-0.05, 0) is 58.6 Å². The van der Waals surface area contributed by atoms with Crippen LogP contribution in [0.2, 0.25) is 0 Å². The molecule has 0 aromatic heterocycles. The normalized spacial score (nSPS) is 11.4. The first-order chi connectivity index (χ1) is 15.5. The molecule has 0 atom stereocenters. The zero-order chi connectivity index (χ0) is 23.0. The van der Waals surface area contributed by atoms with Crippen molar-refractivity contribution in [3.05, 3.63) is 94.0 Å². The topological polar surface area (TPSA) is 80.2 Å². The number of carbonyl (C=O) groups is 1. The van der Waals surface area contributed by atoms with Gasteiger partial charge in [-0.1, -0.05) is 60.7 Å². The van der Waals surface area contributed by atoms with Gasteiger partial charge in [-0.25, -0.2) is 5.43 Å².